The van der Waals surface area contributed by atoms with Crippen molar-refractivity contribution in [1.82, 2.24) is 9.78 Å². The lowest BCUT2D eigenvalue weighted by atomic mass is 9.78. The van der Waals surface area contributed by atoms with Crippen LogP contribution in [0.15, 0.2) is 12.4 Å². The highest BCUT2D eigenvalue weighted by Gasteiger charge is 2.45. The quantitative estimate of drug-likeness (QED) is 0.898. The Hall–Kier alpha value is -0.910. The molecule has 1 spiro atoms. The van der Waals surface area contributed by atoms with Gasteiger partial charge in [0.2, 0.25) is 0 Å². The fourth-order valence-electron chi connectivity index (χ4n) is 3.11. The van der Waals surface area contributed by atoms with Gasteiger partial charge in [-0.05, 0) is 31.2 Å². The Bertz CT molecular complexity index is 428. The summed E-state index contributed by atoms with van der Waals surface area (Å²) in [7, 11) is 1.91. The van der Waals surface area contributed by atoms with Crippen LogP contribution in [0.25, 0.3) is 0 Å². The van der Waals surface area contributed by atoms with Gasteiger partial charge in [-0.1, -0.05) is 0 Å². The molecule has 5 nitrogen and oxygen atoms in total. The topological polar surface area (TPSA) is 56.5 Å². The van der Waals surface area contributed by atoms with Gasteiger partial charge >= 0.3 is 0 Å². The first-order valence-corrected chi connectivity index (χ1v) is 7.07. The Kier molecular flexibility index (Phi) is 3.37. The van der Waals surface area contributed by atoms with Crippen LogP contribution >= 0.6 is 0 Å². The molecular weight excluding hydrogens is 244 g/mol. The van der Waals surface area contributed by atoms with Gasteiger partial charge in [-0.15, -0.1) is 0 Å². The molecule has 0 bridgehead atoms. The minimum atomic E-state index is -0.573. The van der Waals surface area contributed by atoms with Gasteiger partial charge < -0.3 is 14.6 Å². The Morgan fingerprint density at radius 2 is 1.95 bits per heavy atom. The molecule has 1 aromatic rings. The van der Waals surface area contributed by atoms with Crippen LogP contribution in [0.5, 0.6) is 0 Å². The summed E-state index contributed by atoms with van der Waals surface area (Å²) in [5, 5.41) is 14.8. The normalized spacial score (nSPS) is 24.9. The molecule has 2 fully saturated rings. The Morgan fingerprint density at radius 3 is 2.53 bits per heavy atom. The Labute approximate surface area is 113 Å². The lowest BCUT2D eigenvalue weighted by Gasteiger charge is -2.40. The van der Waals surface area contributed by atoms with Crippen molar-refractivity contribution in [2.45, 2.75) is 49.9 Å². The van der Waals surface area contributed by atoms with E-state index in [0.717, 1.165) is 38.5 Å². The number of aryl methyl sites for hydroxylation is 2. The first-order chi connectivity index (χ1) is 9.09. The fourth-order valence-corrected chi connectivity index (χ4v) is 3.11. The van der Waals surface area contributed by atoms with Gasteiger partial charge in [0.15, 0.2) is 5.79 Å². The van der Waals surface area contributed by atoms with Gasteiger partial charge in [0.05, 0.1) is 25.0 Å². The Morgan fingerprint density at radius 1 is 1.26 bits per heavy atom. The van der Waals surface area contributed by atoms with Crippen molar-refractivity contribution in [3.63, 3.8) is 0 Å². The molecule has 2 aliphatic rings. The van der Waals surface area contributed by atoms with Crippen molar-refractivity contribution in [3.8, 4) is 0 Å². The molecule has 106 valence electrons. The standard InChI is InChI=1S/C14H22N2O3/c1-16-11-12(10-15-16)2-3-13(17)4-6-14(7-5-13)18-8-9-19-14/h10-11,17H,2-9H2,1H3. The molecule has 0 unspecified atom stereocenters. The van der Waals surface area contributed by atoms with Crippen LogP contribution in [-0.4, -0.2) is 39.5 Å². The van der Waals surface area contributed by atoms with E-state index < -0.39 is 5.60 Å². The summed E-state index contributed by atoms with van der Waals surface area (Å²) in [6.45, 7) is 1.38. The SMILES string of the molecule is Cn1cc(CCC2(O)CCC3(CC2)OCCO3)cn1. The highest BCUT2D eigenvalue weighted by molar-refractivity contribution is 5.05. The van der Waals surface area contributed by atoms with Gasteiger partial charge in [-0.2, -0.15) is 5.10 Å². The third-order valence-corrected chi connectivity index (χ3v) is 4.39. The zero-order chi connectivity index (χ0) is 13.3. The maximum atomic E-state index is 10.6. The second-order valence-corrected chi connectivity index (χ2v) is 5.85. The summed E-state index contributed by atoms with van der Waals surface area (Å²) in [5.74, 6) is -0.388. The van der Waals surface area contributed by atoms with E-state index in [9.17, 15) is 5.11 Å². The number of aromatic nitrogens is 2. The molecule has 1 aliphatic carbocycles. The van der Waals surface area contributed by atoms with Crippen LogP contribution in [-0.2, 0) is 22.9 Å². The van der Waals surface area contributed by atoms with Crippen LogP contribution in [0.4, 0.5) is 0 Å². The summed E-state index contributed by atoms with van der Waals surface area (Å²) in [5.41, 5.74) is 0.612. The highest BCUT2D eigenvalue weighted by atomic mass is 16.7. The van der Waals surface area contributed by atoms with Crippen LogP contribution in [0.1, 0.15) is 37.7 Å². The largest absolute Gasteiger partial charge is 0.390 e. The lowest BCUT2D eigenvalue weighted by molar-refractivity contribution is -0.203. The summed E-state index contributed by atoms with van der Waals surface area (Å²) >= 11 is 0. The zero-order valence-corrected chi connectivity index (χ0v) is 11.5. The monoisotopic (exact) mass is 266 g/mol. The molecule has 0 atom stereocenters. The van der Waals surface area contributed by atoms with E-state index in [0.29, 0.717) is 13.2 Å². The molecule has 19 heavy (non-hydrogen) atoms. The molecule has 1 aliphatic heterocycles. The maximum Gasteiger partial charge on any atom is 0.168 e. The number of aliphatic hydroxyl groups is 1. The van der Waals surface area contributed by atoms with Gasteiger partial charge in [-0.3, -0.25) is 4.68 Å². The molecule has 1 saturated carbocycles. The van der Waals surface area contributed by atoms with Crippen LogP contribution in [0.2, 0.25) is 0 Å². The average molecular weight is 266 g/mol. The predicted molar refractivity (Wildman–Crippen MR) is 69.6 cm³/mol. The third-order valence-electron chi connectivity index (χ3n) is 4.39. The van der Waals surface area contributed by atoms with Crippen molar-refractivity contribution < 1.29 is 14.6 Å². The molecule has 1 saturated heterocycles. The number of hydrogen-bond donors (Lipinski definition) is 1. The van der Waals surface area contributed by atoms with Gasteiger partial charge in [0.25, 0.3) is 0 Å². The van der Waals surface area contributed by atoms with Crippen molar-refractivity contribution in [2.24, 2.45) is 7.05 Å². The van der Waals surface area contributed by atoms with Crippen molar-refractivity contribution in [3.05, 3.63) is 18.0 Å². The molecule has 1 aromatic heterocycles. The molecule has 3 rings (SSSR count). The number of ether oxygens (including phenoxy) is 2. The van der Waals surface area contributed by atoms with Gasteiger partial charge in [0, 0.05) is 26.1 Å². The van der Waals surface area contributed by atoms with Crippen LogP contribution in [0, 0.1) is 0 Å². The molecule has 0 aromatic carbocycles. The first-order valence-electron chi connectivity index (χ1n) is 7.07. The molecule has 0 amide bonds. The lowest BCUT2D eigenvalue weighted by Crippen LogP contribution is -2.43. The molecule has 2 heterocycles. The Balaban J connectivity index is 1.53. The number of rotatable bonds is 3. The smallest absolute Gasteiger partial charge is 0.168 e. The highest BCUT2D eigenvalue weighted by Crippen LogP contribution is 2.41. The van der Waals surface area contributed by atoms with E-state index in [1.54, 1.807) is 4.68 Å². The maximum absolute atomic E-state index is 10.6. The summed E-state index contributed by atoms with van der Waals surface area (Å²) in [6.07, 6.45) is 8.66. The van der Waals surface area contributed by atoms with E-state index in [1.807, 2.05) is 19.4 Å². The van der Waals surface area contributed by atoms with Crippen molar-refractivity contribution in [1.29, 1.82) is 0 Å². The van der Waals surface area contributed by atoms with Crippen LogP contribution < -0.4 is 0 Å². The second-order valence-electron chi connectivity index (χ2n) is 5.85. The van der Waals surface area contributed by atoms with E-state index in [4.69, 9.17) is 9.47 Å². The number of nitrogens with zero attached hydrogens (tertiary/aromatic N) is 2. The van der Waals surface area contributed by atoms with Crippen molar-refractivity contribution in [2.75, 3.05) is 13.2 Å². The average Bonchev–Trinajstić information content (AvgIpc) is 3.02. The van der Waals surface area contributed by atoms with Crippen LogP contribution in [0.3, 0.4) is 0 Å². The number of hydrogen-bond acceptors (Lipinski definition) is 4. The summed E-state index contributed by atoms with van der Waals surface area (Å²) in [4.78, 5) is 0. The predicted octanol–water partition coefficient (Wildman–Crippen LogP) is 1.40. The van der Waals surface area contributed by atoms with E-state index in [-0.39, 0.29) is 5.79 Å². The second kappa shape index (κ2) is 4.89. The minimum absolute atomic E-state index is 0.388. The molecule has 0 radical (unpaired) electrons. The summed E-state index contributed by atoms with van der Waals surface area (Å²) < 4.78 is 13.2. The molecule has 1 N–H and O–H groups in total. The third kappa shape index (κ3) is 2.83. The van der Waals surface area contributed by atoms with E-state index >= 15 is 0 Å². The molecular formula is C14H22N2O3. The summed E-state index contributed by atoms with van der Waals surface area (Å²) in [6, 6.07) is 0. The van der Waals surface area contributed by atoms with Gasteiger partial charge in [0.1, 0.15) is 0 Å². The molecule has 5 heteroatoms. The van der Waals surface area contributed by atoms with Gasteiger partial charge in [-0.25, -0.2) is 0 Å². The van der Waals surface area contributed by atoms with E-state index in [1.165, 1.54) is 5.56 Å². The zero-order valence-electron chi connectivity index (χ0n) is 11.5. The first kappa shape index (κ1) is 13.1. The minimum Gasteiger partial charge on any atom is -0.390 e. The van der Waals surface area contributed by atoms with E-state index in [2.05, 4.69) is 5.10 Å². The van der Waals surface area contributed by atoms with Crippen molar-refractivity contribution >= 4 is 0 Å². The fraction of sp³-hybridized carbons (Fsp3) is 0.786.